The van der Waals surface area contributed by atoms with Gasteiger partial charge in [-0.2, -0.15) is 0 Å². The molecule has 2 N–H and O–H groups in total. The van der Waals surface area contributed by atoms with Gasteiger partial charge in [0.05, 0.1) is 0 Å². The molecule has 0 aliphatic heterocycles. The maximum Gasteiger partial charge on any atom is 0.0424 e. The van der Waals surface area contributed by atoms with Crippen LogP contribution in [0.3, 0.4) is 0 Å². The van der Waals surface area contributed by atoms with Gasteiger partial charge in [-0.1, -0.05) is 51.0 Å². The van der Waals surface area contributed by atoms with E-state index in [-0.39, 0.29) is 6.04 Å². The highest BCUT2D eigenvalue weighted by Gasteiger charge is 2.08. The summed E-state index contributed by atoms with van der Waals surface area (Å²) < 4.78 is 0. The maximum atomic E-state index is 6.25. The largest absolute Gasteiger partial charge is 0.323 e. The third kappa shape index (κ3) is 5.19. The topological polar surface area (TPSA) is 29.3 Å². The second kappa shape index (κ2) is 8.28. The Kier molecular flexibility index (Phi) is 6.99. The van der Waals surface area contributed by atoms with Crippen LogP contribution in [0.1, 0.15) is 50.3 Å². The van der Waals surface area contributed by atoms with E-state index in [0.717, 1.165) is 19.5 Å². The predicted octanol–water partition coefficient (Wildman–Crippen LogP) is 3.37. The van der Waals surface area contributed by atoms with E-state index in [0.29, 0.717) is 0 Å². The molecule has 0 aromatic heterocycles. The molecule has 2 heteroatoms. The minimum absolute atomic E-state index is 0.127. The van der Waals surface area contributed by atoms with E-state index in [9.17, 15) is 0 Å². The molecule has 0 amide bonds. The molecule has 1 aromatic carbocycles. The van der Waals surface area contributed by atoms with Gasteiger partial charge in [0.1, 0.15) is 0 Å². The Bertz CT molecular complexity index is 318. The number of nitrogens with two attached hydrogens (primary N) is 1. The lowest BCUT2D eigenvalue weighted by atomic mass is 10.0. The molecule has 0 bridgehead atoms. The average Bonchev–Trinajstić information content (AvgIpc) is 2.37. The van der Waals surface area contributed by atoms with Gasteiger partial charge < -0.3 is 10.6 Å². The molecule has 0 fully saturated rings. The Morgan fingerprint density at radius 2 is 1.78 bits per heavy atom. The normalized spacial score (nSPS) is 12.9. The number of aryl methyl sites for hydroxylation is 1. The van der Waals surface area contributed by atoms with E-state index in [1.165, 1.54) is 30.4 Å². The molecule has 1 unspecified atom stereocenters. The van der Waals surface area contributed by atoms with Crippen LogP contribution in [0.2, 0.25) is 0 Å². The van der Waals surface area contributed by atoms with E-state index >= 15 is 0 Å². The van der Waals surface area contributed by atoms with Crippen molar-refractivity contribution in [1.29, 1.82) is 0 Å². The van der Waals surface area contributed by atoms with E-state index in [4.69, 9.17) is 5.73 Å². The predicted molar refractivity (Wildman–Crippen MR) is 79.8 cm³/mol. The van der Waals surface area contributed by atoms with Gasteiger partial charge in [0.15, 0.2) is 0 Å². The fourth-order valence-electron chi connectivity index (χ4n) is 2.18. The van der Waals surface area contributed by atoms with Gasteiger partial charge in [-0.3, -0.25) is 0 Å². The van der Waals surface area contributed by atoms with Crippen molar-refractivity contribution in [3.63, 3.8) is 0 Å². The number of rotatable bonds is 8. The van der Waals surface area contributed by atoms with Gasteiger partial charge in [0, 0.05) is 12.6 Å². The summed E-state index contributed by atoms with van der Waals surface area (Å²) in [5.41, 5.74) is 8.91. The molecule has 0 spiro atoms. The zero-order chi connectivity index (χ0) is 13.4. The van der Waals surface area contributed by atoms with Crippen LogP contribution < -0.4 is 5.73 Å². The number of unbranched alkanes of at least 4 members (excludes halogenated alkanes) is 1. The van der Waals surface area contributed by atoms with Gasteiger partial charge >= 0.3 is 0 Å². The lowest BCUT2D eigenvalue weighted by Crippen LogP contribution is -2.29. The van der Waals surface area contributed by atoms with Crippen LogP contribution in [-0.4, -0.2) is 25.0 Å². The Balaban J connectivity index is 2.47. The zero-order valence-corrected chi connectivity index (χ0v) is 12.2. The van der Waals surface area contributed by atoms with Gasteiger partial charge in [-0.05, 0) is 37.6 Å². The lowest BCUT2D eigenvalue weighted by molar-refractivity contribution is 0.307. The van der Waals surface area contributed by atoms with Gasteiger partial charge in [-0.15, -0.1) is 0 Å². The van der Waals surface area contributed by atoms with E-state index in [2.05, 4.69) is 50.1 Å². The summed E-state index contributed by atoms with van der Waals surface area (Å²) in [6.45, 7) is 6.51. The smallest absolute Gasteiger partial charge is 0.0424 e. The second-order valence-corrected chi connectivity index (χ2v) is 5.21. The fourth-order valence-corrected chi connectivity index (χ4v) is 2.18. The minimum atomic E-state index is 0.127. The lowest BCUT2D eigenvalue weighted by Gasteiger charge is -2.21. The molecule has 0 saturated heterocycles. The van der Waals surface area contributed by atoms with Crippen molar-refractivity contribution in [1.82, 2.24) is 4.90 Å². The summed E-state index contributed by atoms with van der Waals surface area (Å²) in [6.07, 6.45) is 4.85. The van der Waals surface area contributed by atoms with Crippen LogP contribution in [0, 0.1) is 0 Å². The van der Waals surface area contributed by atoms with Crippen LogP contribution in [0.25, 0.3) is 0 Å². The molecular formula is C16H28N2. The Morgan fingerprint density at radius 1 is 1.11 bits per heavy atom. The van der Waals surface area contributed by atoms with Crippen molar-refractivity contribution in [3.05, 3.63) is 35.4 Å². The molecule has 2 nitrogen and oxygen atoms in total. The summed E-state index contributed by atoms with van der Waals surface area (Å²) in [5, 5.41) is 0. The number of hydrogen-bond donors (Lipinski definition) is 1. The quantitative estimate of drug-likeness (QED) is 0.764. The first kappa shape index (κ1) is 15.2. The van der Waals surface area contributed by atoms with E-state index in [1.807, 2.05) is 0 Å². The van der Waals surface area contributed by atoms with Gasteiger partial charge in [0.2, 0.25) is 0 Å². The van der Waals surface area contributed by atoms with Crippen molar-refractivity contribution in [3.8, 4) is 0 Å². The molecule has 0 aliphatic carbocycles. The Labute approximate surface area is 112 Å². The summed E-state index contributed by atoms with van der Waals surface area (Å²) in [7, 11) is 2.15. The molecule has 1 aromatic rings. The third-order valence-electron chi connectivity index (χ3n) is 3.35. The van der Waals surface area contributed by atoms with Crippen LogP contribution in [0.4, 0.5) is 0 Å². The van der Waals surface area contributed by atoms with Gasteiger partial charge in [-0.25, -0.2) is 0 Å². The molecule has 1 rings (SSSR count). The standard InChI is InChI=1S/C16H28N2/c1-4-6-12-18(3)13-16(17)15-10-8-14(7-5-2)9-11-15/h8-11,16H,4-7,12-13,17H2,1-3H3. The number of nitrogens with zero attached hydrogens (tertiary/aromatic N) is 1. The first-order valence-electron chi connectivity index (χ1n) is 7.20. The highest BCUT2D eigenvalue weighted by atomic mass is 15.1. The molecule has 0 aliphatic rings. The van der Waals surface area contributed by atoms with Crippen LogP contribution in [-0.2, 0) is 6.42 Å². The highest BCUT2D eigenvalue weighted by molar-refractivity contribution is 5.25. The number of hydrogen-bond acceptors (Lipinski definition) is 2. The van der Waals surface area contributed by atoms with E-state index in [1.54, 1.807) is 0 Å². The monoisotopic (exact) mass is 248 g/mol. The second-order valence-electron chi connectivity index (χ2n) is 5.21. The third-order valence-corrected chi connectivity index (χ3v) is 3.35. The molecule has 1 atom stereocenters. The van der Waals surface area contributed by atoms with Crippen molar-refractivity contribution < 1.29 is 0 Å². The molecule has 0 saturated carbocycles. The molecule has 18 heavy (non-hydrogen) atoms. The van der Waals surface area contributed by atoms with Crippen molar-refractivity contribution >= 4 is 0 Å². The minimum Gasteiger partial charge on any atom is -0.323 e. The first-order chi connectivity index (χ1) is 8.67. The maximum absolute atomic E-state index is 6.25. The summed E-state index contributed by atoms with van der Waals surface area (Å²) >= 11 is 0. The Hall–Kier alpha value is -0.860. The van der Waals surface area contributed by atoms with Gasteiger partial charge in [0.25, 0.3) is 0 Å². The highest BCUT2D eigenvalue weighted by Crippen LogP contribution is 2.14. The molecule has 102 valence electrons. The number of likely N-dealkylation sites (N-methyl/N-ethyl adjacent to an activating group) is 1. The summed E-state index contributed by atoms with van der Waals surface area (Å²) in [6, 6.07) is 8.92. The SMILES string of the molecule is CCCCN(C)CC(N)c1ccc(CCC)cc1. The summed E-state index contributed by atoms with van der Waals surface area (Å²) in [5.74, 6) is 0. The molecule has 0 heterocycles. The fraction of sp³-hybridized carbons (Fsp3) is 0.625. The first-order valence-corrected chi connectivity index (χ1v) is 7.20. The van der Waals surface area contributed by atoms with Crippen LogP contribution in [0.15, 0.2) is 24.3 Å². The van der Waals surface area contributed by atoms with Crippen molar-refractivity contribution in [2.45, 2.75) is 45.6 Å². The Morgan fingerprint density at radius 3 is 2.33 bits per heavy atom. The summed E-state index contributed by atoms with van der Waals surface area (Å²) in [4.78, 5) is 2.33. The van der Waals surface area contributed by atoms with Crippen molar-refractivity contribution in [2.24, 2.45) is 5.73 Å². The van der Waals surface area contributed by atoms with Crippen LogP contribution >= 0.6 is 0 Å². The molecular weight excluding hydrogens is 220 g/mol. The number of benzene rings is 1. The average molecular weight is 248 g/mol. The zero-order valence-electron chi connectivity index (χ0n) is 12.2. The molecule has 0 radical (unpaired) electrons. The van der Waals surface area contributed by atoms with E-state index < -0.39 is 0 Å². The van der Waals surface area contributed by atoms with Crippen LogP contribution in [0.5, 0.6) is 0 Å². The van der Waals surface area contributed by atoms with Crippen molar-refractivity contribution in [2.75, 3.05) is 20.1 Å².